The van der Waals surface area contributed by atoms with Crippen molar-refractivity contribution in [3.8, 4) is 0 Å². The van der Waals surface area contributed by atoms with Gasteiger partial charge in [-0.1, -0.05) is 31.2 Å². The Labute approximate surface area is 136 Å². The molecule has 3 aliphatic rings. The molecule has 1 aliphatic heterocycles. The summed E-state index contributed by atoms with van der Waals surface area (Å²) in [6.45, 7) is 3.06. The number of rotatable bonds is 3. The normalized spacial score (nSPS) is 25.0. The fourth-order valence-corrected chi connectivity index (χ4v) is 4.07. The van der Waals surface area contributed by atoms with E-state index in [-0.39, 0.29) is 5.91 Å². The lowest BCUT2D eigenvalue weighted by atomic mass is 9.77. The number of hydrogen-bond acceptors (Lipinski definition) is 3. The van der Waals surface area contributed by atoms with Crippen LogP contribution in [0.15, 0.2) is 47.7 Å². The molecular formula is C19H21N3O. The Kier molecular flexibility index (Phi) is 3.34. The second kappa shape index (κ2) is 5.39. The number of primary amides is 1. The zero-order chi connectivity index (χ0) is 16.0. The van der Waals surface area contributed by atoms with Crippen LogP contribution in [0.3, 0.4) is 0 Å². The molecule has 1 fully saturated rings. The Morgan fingerprint density at radius 1 is 1.35 bits per heavy atom. The van der Waals surface area contributed by atoms with Gasteiger partial charge in [-0.2, -0.15) is 0 Å². The first kappa shape index (κ1) is 14.3. The summed E-state index contributed by atoms with van der Waals surface area (Å²) in [6.07, 6.45) is 8.60. The van der Waals surface area contributed by atoms with Crippen LogP contribution in [-0.4, -0.2) is 12.5 Å². The summed E-state index contributed by atoms with van der Waals surface area (Å²) in [7, 11) is 0. The average molecular weight is 307 g/mol. The van der Waals surface area contributed by atoms with E-state index >= 15 is 0 Å². The van der Waals surface area contributed by atoms with E-state index in [1.165, 1.54) is 22.4 Å². The molecule has 1 aromatic carbocycles. The molecule has 4 N–H and O–H groups in total. The van der Waals surface area contributed by atoms with Gasteiger partial charge in [0.2, 0.25) is 5.91 Å². The van der Waals surface area contributed by atoms with Gasteiger partial charge in [-0.05, 0) is 47.3 Å². The zero-order valence-electron chi connectivity index (χ0n) is 13.2. The summed E-state index contributed by atoms with van der Waals surface area (Å²) in [5.41, 5.74) is 18.9. The summed E-state index contributed by atoms with van der Waals surface area (Å²) < 4.78 is 0. The molecule has 0 saturated carbocycles. The van der Waals surface area contributed by atoms with Crippen LogP contribution >= 0.6 is 0 Å². The van der Waals surface area contributed by atoms with E-state index in [9.17, 15) is 4.79 Å². The molecule has 1 aromatic rings. The van der Waals surface area contributed by atoms with Crippen LogP contribution in [0.1, 0.15) is 34.8 Å². The topological polar surface area (TPSA) is 67.2 Å². The van der Waals surface area contributed by atoms with Gasteiger partial charge in [0.25, 0.3) is 0 Å². The number of fused-ring (bicyclic) bond motifs is 2. The standard InChI is InChI=1S/C19H21N3O/c1-2-13-14(4-3-5-16(13)19(20)23)15-7-6-11-9-18-12(8-17(11)15)10-21-22-18/h3-7,9,12,17,21-22H,2,8,10H2,1H3,(H2,20,23). The van der Waals surface area contributed by atoms with Crippen LogP contribution in [0.5, 0.6) is 0 Å². The van der Waals surface area contributed by atoms with Gasteiger partial charge < -0.3 is 11.2 Å². The third-order valence-corrected chi connectivity index (χ3v) is 5.20. The smallest absolute Gasteiger partial charge is 0.248 e. The van der Waals surface area contributed by atoms with Crippen LogP contribution in [0.2, 0.25) is 0 Å². The lowest BCUT2D eigenvalue weighted by Crippen LogP contribution is -2.21. The highest BCUT2D eigenvalue weighted by Gasteiger charge is 2.35. The molecule has 1 saturated heterocycles. The van der Waals surface area contributed by atoms with E-state index in [0.717, 1.165) is 24.9 Å². The molecule has 2 aliphatic carbocycles. The Hall–Kier alpha value is -2.33. The second-order valence-corrected chi connectivity index (χ2v) is 6.43. The third kappa shape index (κ3) is 2.21. The van der Waals surface area contributed by atoms with Gasteiger partial charge in [0.1, 0.15) is 0 Å². The van der Waals surface area contributed by atoms with E-state index in [2.05, 4.69) is 42.1 Å². The van der Waals surface area contributed by atoms with E-state index < -0.39 is 0 Å². The lowest BCUT2D eigenvalue weighted by molar-refractivity contribution is 0.0999. The summed E-state index contributed by atoms with van der Waals surface area (Å²) >= 11 is 0. The highest BCUT2D eigenvalue weighted by molar-refractivity contribution is 5.96. The molecule has 0 aromatic heterocycles. The van der Waals surface area contributed by atoms with Crippen LogP contribution in [0, 0.1) is 11.8 Å². The monoisotopic (exact) mass is 307 g/mol. The van der Waals surface area contributed by atoms with Gasteiger partial charge in [-0.25, -0.2) is 5.43 Å². The minimum absolute atomic E-state index is 0.342. The Morgan fingerprint density at radius 3 is 3.00 bits per heavy atom. The lowest BCUT2D eigenvalue weighted by Gasteiger charge is -2.27. The van der Waals surface area contributed by atoms with Crippen LogP contribution in [0.4, 0.5) is 0 Å². The average Bonchev–Trinajstić information content (AvgIpc) is 3.17. The molecule has 0 radical (unpaired) electrons. The SMILES string of the molecule is CCc1c(C(N)=O)cccc1C1=CC=C2C=C3NNCC3CC21. The number of hydrazine groups is 1. The quantitative estimate of drug-likeness (QED) is 0.802. The predicted octanol–water partition coefficient (Wildman–Crippen LogP) is 2.30. The maximum Gasteiger partial charge on any atom is 0.248 e. The van der Waals surface area contributed by atoms with Crippen molar-refractivity contribution in [3.05, 3.63) is 64.4 Å². The molecule has 2 unspecified atom stereocenters. The number of nitrogens with one attached hydrogen (secondary N) is 2. The van der Waals surface area contributed by atoms with Gasteiger partial charge in [-0.3, -0.25) is 4.79 Å². The van der Waals surface area contributed by atoms with Gasteiger partial charge in [-0.15, -0.1) is 0 Å². The summed E-state index contributed by atoms with van der Waals surface area (Å²) in [6, 6.07) is 5.90. The van der Waals surface area contributed by atoms with Crippen molar-refractivity contribution < 1.29 is 4.79 Å². The minimum atomic E-state index is -0.342. The van der Waals surface area contributed by atoms with Crippen LogP contribution in [-0.2, 0) is 6.42 Å². The first-order valence-corrected chi connectivity index (χ1v) is 8.23. The highest BCUT2D eigenvalue weighted by Crippen LogP contribution is 2.45. The second-order valence-electron chi connectivity index (χ2n) is 6.43. The van der Waals surface area contributed by atoms with Crippen LogP contribution < -0.4 is 16.6 Å². The fraction of sp³-hybridized carbons (Fsp3) is 0.316. The summed E-state index contributed by atoms with van der Waals surface area (Å²) in [5.74, 6) is 0.618. The van der Waals surface area contributed by atoms with E-state index in [1.807, 2.05) is 12.1 Å². The predicted molar refractivity (Wildman–Crippen MR) is 91.2 cm³/mol. The van der Waals surface area contributed by atoms with Crippen molar-refractivity contribution in [1.29, 1.82) is 0 Å². The molecule has 4 nitrogen and oxygen atoms in total. The van der Waals surface area contributed by atoms with Gasteiger partial charge in [0.05, 0.1) is 0 Å². The van der Waals surface area contributed by atoms with Crippen LogP contribution in [0.25, 0.3) is 5.57 Å². The maximum absolute atomic E-state index is 11.7. The van der Waals surface area contributed by atoms with Crippen molar-refractivity contribution in [2.75, 3.05) is 6.54 Å². The number of allylic oxidation sites excluding steroid dienone is 5. The molecule has 23 heavy (non-hydrogen) atoms. The number of carbonyl (C=O) groups is 1. The Balaban J connectivity index is 1.74. The number of hydrogen-bond donors (Lipinski definition) is 3. The molecular weight excluding hydrogens is 286 g/mol. The minimum Gasteiger partial charge on any atom is -0.366 e. The number of nitrogens with two attached hydrogens (primary N) is 1. The Bertz CT molecular complexity index is 773. The highest BCUT2D eigenvalue weighted by atomic mass is 16.1. The third-order valence-electron chi connectivity index (χ3n) is 5.20. The summed E-state index contributed by atoms with van der Waals surface area (Å²) in [4.78, 5) is 11.7. The van der Waals surface area contributed by atoms with E-state index in [0.29, 0.717) is 17.4 Å². The first-order valence-electron chi connectivity index (χ1n) is 8.23. The van der Waals surface area contributed by atoms with Crippen molar-refractivity contribution in [1.82, 2.24) is 10.9 Å². The van der Waals surface area contributed by atoms with Gasteiger partial charge in [0, 0.05) is 29.6 Å². The van der Waals surface area contributed by atoms with Crippen molar-refractivity contribution in [2.45, 2.75) is 19.8 Å². The van der Waals surface area contributed by atoms with Gasteiger partial charge >= 0.3 is 0 Å². The number of carbonyl (C=O) groups excluding carboxylic acids is 1. The zero-order valence-corrected chi connectivity index (χ0v) is 13.2. The summed E-state index contributed by atoms with van der Waals surface area (Å²) in [5, 5.41) is 0. The van der Waals surface area contributed by atoms with Crippen molar-refractivity contribution in [2.24, 2.45) is 17.6 Å². The number of benzene rings is 1. The van der Waals surface area contributed by atoms with E-state index in [4.69, 9.17) is 5.73 Å². The molecule has 118 valence electrons. The molecule has 0 bridgehead atoms. The van der Waals surface area contributed by atoms with Gasteiger partial charge in [0.15, 0.2) is 0 Å². The van der Waals surface area contributed by atoms with Crippen molar-refractivity contribution >= 4 is 11.5 Å². The Morgan fingerprint density at radius 2 is 2.22 bits per heavy atom. The van der Waals surface area contributed by atoms with Crippen molar-refractivity contribution in [3.63, 3.8) is 0 Å². The molecule has 4 rings (SSSR count). The maximum atomic E-state index is 11.7. The largest absolute Gasteiger partial charge is 0.366 e. The fourth-order valence-electron chi connectivity index (χ4n) is 4.07. The molecule has 4 heteroatoms. The number of amides is 1. The molecule has 0 spiro atoms. The molecule has 1 heterocycles. The molecule has 2 atom stereocenters. The van der Waals surface area contributed by atoms with E-state index in [1.54, 1.807) is 0 Å². The molecule has 1 amide bonds. The first-order chi connectivity index (χ1) is 11.2.